The average Bonchev–Trinajstić information content (AvgIpc) is 2.44. The molecule has 0 fully saturated rings. The molecule has 0 bridgehead atoms. The summed E-state index contributed by atoms with van der Waals surface area (Å²) < 4.78 is 0. The van der Waals surface area contributed by atoms with E-state index < -0.39 is 0 Å². The van der Waals surface area contributed by atoms with E-state index in [0.29, 0.717) is 5.69 Å². The summed E-state index contributed by atoms with van der Waals surface area (Å²) in [4.78, 5) is 10.5. The molecule has 6 nitrogen and oxygen atoms in total. The summed E-state index contributed by atoms with van der Waals surface area (Å²) in [6.07, 6.45) is 0. The van der Waals surface area contributed by atoms with Gasteiger partial charge < -0.3 is 21.1 Å². The van der Waals surface area contributed by atoms with Crippen molar-refractivity contribution in [1.82, 2.24) is 15.3 Å². The molecule has 1 aromatic carbocycles. The molecule has 6 heteroatoms. The third-order valence-electron chi connectivity index (χ3n) is 2.96. The average molecular weight is 273 g/mol. The second kappa shape index (κ2) is 6.21. The number of nitrogens with two attached hydrogens (primary N) is 1. The zero-order valence-corrected chi connectivity index (χ0v) is 11.7. The van der Waals surface area contributed by atoms with Crippen molar-refractivity contribution in [3.05, 3.63) is 30.3 Å². The molecule has 0 radical (unpaired) electrons. The third kappa shape index (κ3) is 3.36. The summed E-state index contributed by atoms with van der Waals surface area (Å²) in [5, 5.41) is 12.6. The van der Waals surface area contributed by atoms with Crippen molar-refractivity contribution in [2.45, 2.75) is 0 Å². The number of phenols is 1. The van der Waals surface area contributed by atoms with Crippen LogP contribution < -0.4 is 16.0 Å². The van der Waals surface area contributed by atoms with Gasteiger partial charge >= 0.3 is 0 Å². The fraction of sp³-hybridized carbons (Fsp3) is 0.286. The van der Waals surface area contributed by atoms with E-state index in [0.717, 1.165) is 24.5 Å². The third-order valence-corrected chi connectivity index (χ3v) is 2.96. The number of hydrogen-bond donors (Lipinski definition) is 3. The summed E-state index contributed by atoms with van der Waals surface area (Å²) in [5.74, 6) is 1.17. The Balaban J connectivity index is 2.33. The molecule has 2 aromatic rings. The first kappa shape index (κ1) is 14.1. The van der Waals surface area contributed by atoms with Gasteiger partial charge in [-0.05, 0) is 19.2 Å². The molecule has 0 amide bonds. The van der Waals surface area contributed by atoms with E-state index in [2.05, 4.69) is 15.3 Å². The van der Waals surface area contributed by atoms with Gasteiger partial charge in [-0.2, -0.15) is 4.98 Å². The van der Waals surface area contributed by atoms with E-state index >= 15 is 0 Å². The predicted molar refractivity (Wildman–Crippen MR) is 80.7 cm³/mol. The molecule has 0 atom stereocenters. The minimum Gasteiger partial charge on any atom is -0.508 e. The van der Waals surface area contributed by atoms with Crippen molar-refractivity contribution in [2.75, 3.05) is 37.8 Å². The lowest BCUT2D eigenvalue weighted by atomic mass is 10.1. The van der Waals surface area contributed by atoms with E-state index in [1.807, 2.05) is 31.1 Å². The molecule has 4 N–H and O–H groups in total. The highest BCUT2D eigenvalue weighted by Crippen LogP contribution is 2.24. The van der Waals surface area contributed by atoms with Gasteiger partial charge in [0.2, 0.25) is 5.95 Å². The summed E-state index contributed by atoms with van der Waals surface area (Å²) in [5.41, 5.74) is 7.28. The maximum atomic E-state index is 9.54. The second-order valence-corrected chi connectivity index (χ2v) is 4.55. The number of likely N-dealkylation sites (N-methyl/N-ethyl adjacent to an activating group) is 2. The van der Waals surface area contributed by atoms with Gasteiger partial charge in [0.05, 0.1) is 5.69 Å². The first-order valence-corrected chi connectivity index (χ1v) is 6.40. The van der Waals surface area contributed by atoms with Crippen LogP contribution in [0, 0.1) is 0 Å². The Hall–Kier alpha value is -2.34. The van der Waals surface area contributed by atoms with Crippen molar-refractivity contribution in [2.24, 2.45) is 0 Å². The predicted octanol–water partition coefficient (Wildman–Crippen LogP) is 1.09. The Morgan fingerprint density at radius 3 is 2.80 bits per heavy atom. The minimum atomic E-state index is 0.199. The van der Waals surface area contributed by atoms with Crippen molar-refractivity contribution >= 4 is 11.8 Å². The lowest BCUT2D eigenvalue weighted by Gasteiger charge is -2.18. The number of benzene rings is 1. The smallest absolute Gasteiger partial charge is 0.222 e. The molecule has 2 rings (SSSR count). The van der Waals surface area contributed by atoms with Crippen LogP contribution >= 0.6 is 0 Å². The van der Waals surface area contributed by atoms with Gasteiger partial charge in [-0.25, -0.2) is 4.98 Å². The number of nitrogens with one attached hydrogen (secondary N) is 1. The molecule has 0 unspecified atom stereocenters. The Kier molecular flexibility index (Phi) is 4.37. The number of aromatic hydroxyl groups is 1. The van der Waals surface area contributed by atoms with Gasteiger partial charge in [-0.15, -0.1) is 0 Å². The van der Waals surface area contributed by atoms with E-state index in [9.17, 15) is 5.11 Å². The SMILES string of the molecule is CNCCN(C)c1cc(-c2cccc(O)c2)nc(N)n1. The van der Waals surface area contributed by atoms with Crippen LogP contribution in [0.1, 0.15) is 0 Å². The fourth-order valence-electron chi connectivity index (χ4n) is 1.86. The first-order valence-electron chi connectivity index (χ1n) is 6.40. The van der Waals surface area contributed by atoms with E-state index in [-0.39, 0.29) is 11.7 Å². The van der Waals surface area contributed by atoms with Crippen LogP contribution in [0.15, 0.2) is 30.3 Å². The normalized spacial score (nSPS) is 10.5. The second-order valence-electron chi connectivity index (χ2n) is 4.55. The van der Waals surface area contributed by atoms with Crippen LogP contribution in [0.2, 0.25) is 0 Å². The lowest BCUT2D eigenvalue weighted by Crippen LogP contribution is -2.28. The largest absolute Gasteiger partial charge is 0.508 e. The zero-order valence-electron chi connectivity index (χ0n) is 11.7. The molecule has 0 aliphatic heterocycles. The number of rotatable bonds is 5. The van der Waals surface area contributed by atoms with Gasteiger partial charge in [0, 0.05) is 31.8 Å². The van der Waals surface area contributed by atoms with Crippen LogP contribution in [0.4, 0.5) is 11.8 Å². The van der Waals surface area contributed by atoms with E-state index in [1.165, 1.54) is 0 Å². The summed E-state index contributed by atoms with van der Waals surface area (Å²) in [7, 11) is 3.85. The van der Waals surface area contributed by atoms with Crippen LogP contribution in [-0.2, 0) is 0 Å². The standard InChI is InChI=1S/C14H19N5O/c1-16-6-7-19(2)13-9-12(17-14(15)18-13)10-4-3-5-11(20)8-10/h3-5,8-9,16,20H,6-7H2,1-2H3,(H2,15,17,18). The number of nitrogen functional groups attached to an aromatic ring is 1. The quantitative estimate of drug-likeness (QED) is 0.756. The topological polar surface area (TPSA) is 87.3 Å². The Morgan fingerprint density at radius 1 is 1.30 bits per heavy atom. The van der Waals surface area contributed by atoms with Gasteiger partial charge in [0.1, 0.15) is 11.6 Å². The van der Waals surface area contributed by atoms with Gasteiger partial charge in [0.25, 0.3) is 0 Å². The Morgan fingerprint density at radius 2 is 2.10 bits per heavy atom. The van der Waals surface area contributed by atoms with Gasteiger partial charge in [-0.1, -0.05) is 12.1 Å². The highest BCUT2D eigenvalue weighted by atomic mass is 16.3. The fourth-order valence-corrected chi connectivity index (χ4v) is 1.86. The van der Waals surface area contributed by atoms with Crippen molar-refractivity contribution < 1.29 is 5.11 Å². The Bertz CT molecular complexity index is 588. The van der Waals surface area contributed by atoms with Crippen LogP contribution in [-0.4, -0.2) is 42.3 Å². The number of nitrogens with zero attached hydrogens (tertiary/aromatic N) is 3. The van der Waals surface area contributed by atoms with Gasteiger partial charge in [0.15, 0.2) is 0 Å². The molecule has 0 aliphatic carbocycles. The van der Waals surface area contributed by atoms with Crippen LogP contribution in [0.5, 0.6) is 5.75 Å². The number of aromatic nitrogens is 2. The molecule has 1 aromatic heterocycles. The van der Waals surface area contributed by atoms with Crippen molar-refractivity contribution in [1.29, 1.82) is 0 Å². The molecule has 1 heterocycles. The maximum Gasteiger partial charge on any atom is 0.222 e. The molecule has 106 valence electrons. The first-order chi connectivity index (χ1) is 9.60. The molecule has 20 heavy (non-hydrogen) atoms. The molecule has 0 saturated carbocycles. The van der Waals surface area contributed by atoms with E-state index in [1.54, 1.807) is 18.2 Å². The summed E-state index contributed by atoms with van der Waals surface area (Å²) in [6, 6.07) is 8.78. The molecular formula is C14H19N5O. The maximum absolute atomic E-state index is 9.54. The highest BCUT2D eigenvalue weighted by molar-refractivity contribution is 5.65. The minimum absolute atomic E-state index is 0.199. The lowest BCUT2D eigenvalue weighted by molar-refractivity contribution is 0.475. The molecule has 0 spiro atoms. The van der Waals surface area contributed by atoms with Crippen LogP contribution in [0.3, 0.4) is 0 Å². The van der Waals surface area contributed by atoms with Crippen molar-refractivity contribution in [3.8, 4) is 17.0 Å². The summed E-state index contributed by atoms with van der Waals surface area (Å²) >= 11 is 0. The number of phenolic OH excluding ortho intramolecular Hbond substituents is 1. The molecular weight excluding hydrogens is 254 g/mol. The van der Waals surface area contributed by atoms with Gasteiger partial charge in [-0.3, -0.25) is 0 Å². The van der Waals surface area contributed by atoms with Crippen molar-refractivity contribution in [3.63, 3.8) is 0 Å². The number of anilines is 2. The Labute approximate surface area is 118 Å². The summed E-state index contributed by atoms with van der Waals surface area (Å²) in [6.45, 7) is 1.66. The van der Waals surface area contributed by atoms with E-state index in [4.69, 9.17) is 5.73 Å². The molecule has 0 aliphatic rings. The zero-order chi connectivity index (χ0) is 14.5. The van der Waals surface area contributed by atoms with Crippen LogP contribution in [0.25, 0.3) is 11.3 Å². The molecule has 0 saturated heterocycles. The number of hydrogen-bond acceptors (Lipinski definition) is 6. The highest BCUT2D eigenvalue weighted by Gasteiger charge is 2.08. The monoisotopic (exact) mass is 273 g/mol.